The van der Waals surface area contributed by atoms with Gasteiger partial charge in [-0.1, -0.05) is 29.8 Å². The van der Waals surface area contributed by atoms with Crippen LogP contribution in [0.3, 0.4) is 0 Å². The van der Waals surface area contributed by atoms with Gasteiger partial charge in [-0.25, -0.2) is 8.42 Å². The van der Waals surface area contributed by atoms with E-state index in [0.29, 0.717) is 31.2 Å². The molecule has 2 N–H and O–H groups in total. The Balaban J connectivity index is 1.54. The molecule has 206 valence electrons. The lowest BCUT2D eigenvalue weighted by atomic mass is 10.1. The number of hydrogen-bond acceptors (Lipinski definition) is 6. The standard InChI is InChI=1S/C29H33N3O6S/c1-3-37-23-14-16-25(17-15-23)39(35,36)32(22-12-10-21(2)11-13-22)20-28(33)31-27-9-5-4-8-26(27)29(34)30-19-24-7-6-18-38-24/h4-5,8-17,24H,3,6-7,18-20H2,1-2H3,(H,30,34)(H,31,33)/t24-/m1/s1. The van der Waals surface area contributed by atoms with Crippen molar-refractivity contribution in [3.05, 3.63) is 83.9 Å². The number of rotatable bonds is 11. The van der Waals surface area contributed by atoms with Crippen molar-refractivity contribution in [1.82, 2.24) is 5.32 Å². The number of ether oxygens (including phenoxy) is 2. The molecule has 1 aliphatic heterocycles. The third kappa shape index (κ3) is 7.15. The van der Waals surface area contributed by atoms with Crippen molar-refractivity contribution in [3.8, 4) is 5.75 Å². The molecular formula is C29H33N3O6S. The SMILES string of the molecule is CCOc1ccc(S(=O)(=O)N(CC(=O)Nc2ccccc2C(=O)NC[C@H]2CCCO2)c2ccc(C)cc2)cc1. The van der Waals surface area contributed by atoms with Gasteiger partial charge in [0.05, 0.1) is 34.5 Å². The Kier molecular flexibility index (Phi) is 9.21. The average Bonchev–Trinajstić information content (AvgIpc) is 3.46. The molecule has 0 aliphatic carbocycles. The molecule has 39 heavy (non-hydrogen) atoms. The molecule has 0 unspecified atom stereocenters. The fourth-order valence-corrected chi connectivity index (χ4v) is 5.67. The zero-order chi connectivity index (χ0) is 27.8. The fourth-order valence-electron chi connectivity index (χ4n) is 4.25. The summed E-state index contributed by atoms with van der Waals surface area (Å²) in [6.45, 7) is 4.75. The molecule has 4 rings (SSSR count). The van der Waals surface area contributed by atoms with Crippen LogP contribution in [0.2, 0.25) is 0 Å². The van der Waals surface area contributed by atoms with Crippen LogP contribution >= 0.6 is 0 Å². The van der Waals surface area contributed by atoms with Gasteiger partial charge >= 0.3 is 0 Å². The topological polar surface area (TPSA) is 114 Å². The molecule has 0 radical (unpaired) electrons. The maximum Gasteiger partial charge on any atom is 0.264 e. The molecule has 1 heterocycles. The first-order valence-corrected chi connectivity index (χ1v) is 14.3. The second kappa shape index (κ2) is 12.8. The number of amides is 2. The first kappa shape index (κ1) is 28.1. The van der Waals surface area contributed by atoms with E-state index < -0.39 is 22.5 Å². The van der Waals surface area contributed by atoms with Gasteiger partial charge in [0.1, 0.15) is 12.3 Å². The van der Waals surface area contributed by atoms with Crippen molar-refractivity contribution >= 4 is 33.2 Å². The number of para-hydroxylation sites is 1. The van der Waals surface area contributed by atoms with Gasteiger partial charge in [0.15, 0.2) is 0 Å². The van der Waals surface area contributed by atoms with E-state index in [2.05, 4.69) is 10.6 Å². The second-order valence-corrected chi connectivity index (χ2v) is 11.1. The zero-order valence-corrected chi connectivity index (χ0v) is 22.9. The first-order chi connectivity index (χ1) is 18.8. The van der Waals surface area contributed by atoms with E-state index in [1.807, 2.05) is 13.8 Å². The van der Waals surface area contributed by atoms with Gasteiger partial charge in [0.25, 0.3) is 15.9 Å². The van der Waals surface area contributed by atoms with Crippen LogP contribution in [0.1, 0.15) is 35.7 Å². The van der Waals surface area contributed by atoms with Gasteiger partial charge in [-0.3, -0.25) is 13.9 Å². The summed E-state index contributed by atoms with van der Waals surface area (Å²) in [6.07, 6.45) is 1.83. The Morgan fingerprint density at radius 3 is 2.41 bits per heavy atom. The molecule has 1 saturated heterocycles. The molecule has 1 atom stereocenters. The third-order valence-electron chi connectivity index (χ3n) is 6.29. The molecule has 10 heteroatoms. The normalized spacial score (nSPS) is 15.0. The van der Waals surface area contributed by atoms with Crippen LogP contribution in [0, 0.1) is 6.92 Å². The number of nitrogens with one attached hydrogen (secondary N) is 2. The quantitative estimate of drug-likeness (QED) is 0.370. The van der Waals surface area contributed by atoms with Crippen molar-refractivity contribution in [1.29, 1.82) is 0 Å². The summed E-state index contributed by atoms with van der Waals surface area (Å²) in [5.74, 6) is -0.395. The highest BCUT2D eigenvalue weighted by atomic mass is 32.2. The van der Waals surface area contributed by atoms with E-state index in [-0.39, 0.29) is 28.2 Å². The van der Waals surface area contributed by atoms with Crippen LogP contribution in [0.15, 0.2) is 77.7 Å². The van der Waals surface area contributed by atoms with Gasteiger partial charge in [0.2, 0.25) is 5.91 Å². The van der Waals surface area contributed by atoms with Gasteiger partial charge < -0.3 is 20.1 Å². The number of benzene rings is 3. The molecule has 0 aromatic heterocycles. The molecule has 9 nitrogen and oxygen atoms in total. The molecule has 1 fully saturated rings. The van der Waals surface area contributed by atoms with Crippen molar-refractivity contribution < 1.29 is 27.5 Å². The number of carbonyl (C=O) groups excluding carboxylic acids is 2. The molecule has 1 aliphatic rings. The molecule has 2 amide bonds. The highest BCUT2D eigenvalue weighted by Crippen LogP contribution is 2.26. The molecule has 0 bridgehead atoms. The van der Waals surface area contributed by atoms with Crippen molar-refractivity contribution in [3.63, 3.8) is 0 Å². The first-order valence-electron chi connectivity index (χ1n) is 12.9. The molecule has 0 spiro atoms. The maximum atomic E-state index is 13.7. The largest absolute Gasteiger partial charge is 0.494 e. The predicted molar refractivity (Wildman–Crippen MR) is 150 cm³/mol. The Labute approximate surface area is 229 Å². The summed E-state index contributed by atoms with van der Waals surface area (Å²) in [5.41, 5.74) is 1.85. The lowest BCUT2D eigenvalue weighted by Crippen LogP contribution is -2.38. The number of sulfonamides is 1. The van der Waals surface area contributed by atoms with Crippen molar-refractivity contribution in [2.45, 2.75) is 37.7 Å². The van der Waals surface area contributed by atoms with Gasteiger partial charge in [-0.15, -0.1) is 0 Å². The minimum absolute atomic E-state index is 0.0215. The Hall–Kier alpha value is -3.89. The van der Waals surface area contributed by atoms with E-state index in [9.17, 15) is 18.0 Å². The Morgan fingerprint density at radius 2 is 1.74 bits per heavy atom. The smallest absolute Gasteiger partial charge is 0.264 e. The summed E-state index contributed by atoms with van der Waals surface area (Å²) in [5, 5.41) is 5.58. The second-order valence-electron chi connectivity index (χ2n) is 9.19. The summed E-state index contributed by atoms with van der Waals surface area (Å²) in [4.78, 5) is 26.1. The summed E-state index contributed by atoms with van der Waals surface area (Å²) in [7, 11) is -4.11. The minimum Gasteiger partial charge on any atom is -0.494 e. The van der Waals surface area contributed by atoms with Crippen LogP contribution in [-0.4, -0.2) is 52.6 Å². The van der Waals surface area contributed by atoms with Crippen molar-refractivity contribution in [2.24, 2.45) is 0 Å². The molecule has 0 saturated carbocycles. The van der Waals surface area contributed by atoms with E-state index in [4.69, 9.17) is 9.47 Å². The average molecular weight is 552 g/mol. The maximum absolute atomic E-state index is 13.7. The minimum atomic E-state index is -4.11. The van der Waals surface area contributed by atoms with Crippen LogP contribution in [0.25, 0.3) is 0 Å². The lowest BCUT2D eigenvalue weighted by Gasteiger charge is -2.24. The highest BCUT2D eigenvalue weighted by molar-refractivity contribution is 7.92. The molecule has 3 aromatic rings. The van der Waals surface area contributed by atoms with Gasteiger partial charge in [-0.05, 0) is 75.2 Å². The summed E-state index contributed by atoms with van der Waals surface area (Å²) >= 11 is 0. The molecular weight excluding hydrogens is 518 g/mol. The summed E-state index contributed by atoms with van der Waals surface area (Å²) in [6, 6.07) is 19.5. The fraction of sp³-hybridized carbons (Fsp3) is 0.310. The Bertz CT molecular complexity index is 1390. The van der Waals surface area contributed by atoms with E-state index in [1.165, 1.54) is 12.1 Å². The van der Waals surface area contributed by atoms with Crippen LogP contribution in [-0.2, 0) is 19.6 Å². The lowest BCUT2D eigenvalue weighted by molar-refractivity contribution is -0.114. The predicted octanol–water partition coefficient (Wildman–Crippen LogP) is 4.14. The van der Waals surface area contributed by atoms with E-state index in [0.717, 1.165) is 22.7 Å². The monoisotopic (exact) mass is 551 g/mol. The zero-order valence-electron chi connectivity index (χ0n) is 22.1. The van der Waals surface area contributed by atoms with Gasteiger partial charge in [0, 0.05) is 13.2 Å². The third-order valence-corrected chi connectivity index (χ3v) is 8.08. The molecule has 3 aromatic carbocycles. The van der Waals surface area contributed by atoms with Crippen molar-refractivity contribution in [2.75, 3.05) is 35.9 Å². The van der Waals surface area contributed by atoms with E-state index >= 15 is 0 Å². The van der Waals surface area contributed by atoms with Crippen LogP contribution in [0.5, 0.6) is 5.75 Å². The Morgan fingerprint density at radius 1 is 1.03 bits per heavy atom. The number of nitrogens with zero attached hydrogens (tertiary/aromatic N) is 1. The van der Waals surface area contributed by atoms with Gasteiger partial charge in [-0.2, -0.15) is 0 Å². The number of carbonyl (C=O) groups is 2. The van der Waals surface area contributed by atoms with Crippen LogP contribution < -0.4 is 19.7 Å². The van der Waals surface area contributed by atoms with E-state index in [1.54, 1.807) is 60.7 Å². The number of anilines is 2. The number of aryl methyl sites for hydroxylation is 1. The highest BCUT2D eigenvalue weighted by Gasteiger charge is 2.28. The van der Waals surface area contributed by atoms with Crippen LogP contribution in [0.4, 0.5) is 11.4 Å². The summed E-state index contributed by atoms with van der Waals surface area (Å²) < 4.78 is 39.4. The number of hydrogen-bond donors (Lipinski definition) is 2.